The molecule has 80 heavy (non-hydrogen) atoms. The van der Waals surface area contributed by atoms with Gasteiger partial charge in [-0.15, -0.1) is 0 Å². The van der Waals surface area contributed by atoms with Gasteiger partial charge in [-0.05, 0) is 89.9 Å². The standard InChI is InChI=1S/C74H132O6/c1-4-7-10-13-16-19-22-25-28-31-33-35-37-39-40-43-46-49-52-55-58-61-64-67-73(76)79-70-71(69-78-72(75)66-63-60-57-54-51-48-45-42-30-27-24-21-18-15-12-9-6-3)80-74(77)68-65-62-59-56-53-50-47-44-41-38-36-34-32-29-26-23-20-17-14-11-8-5-2/h9,12,18,21-22,25,27,30-31,33,45,48,71H,4-8,10-11,13-17,19-20,23-24,26,28-29,32,34-44,46-47,49-70H2,1-3H3/b12-9-,21-18-,25-22-,30-27-,33-31-,48-45-. The van der Waals surface area contributed by atoms with Crippen LogP contribution in [0.25, 0.3) is 0 Å². The van der Waals surface area contributed by atoms with E-state index in [9.17, 15) is 14.4 Å². The largest absolute Gasteiger partial charge is 0.462 e. The molecule has 464 valence electrons. The van der Waals surface area contributed by atoms with Crippen LogP contribution in [0.15, 0.2) is 72.9 Å². The summed E-state index contributed by atoms with van der Waals surface area (Å²) in [5.74, 6) is -0.886. The first-order chi connectivity index (χ1) is 39.5. The van der Waals surface area contributed by atoms with Gasteiger partial charge in [-0.25, -0.2) is 0 Å². The highest BCUT2D eigenvalue weighted by atomic mass is 16.6. The Kier molecular flexibility index (Phi) is 65.7. The summed E-state index contributed by atoms with van der Waals surface area (Å²) < 4.78 is 17.0. The smallest absolute Gasteiger partial charge is 0.306 e. The molecule has 6 nitrogen and oxygen atoms in total. The Morgan fingerprint density at radius 3 is 0.762 bits per heavy atom. The molecule has 0 saturated carbocycles. The van der Waals surface area contributed by atoms with Crippen LogP contribution in [0.3, 0.4) is 0 Å². The van der Waals surface area contributed by atoms with Crippen molar-refractivity contribution in [2.75, 3.05) is 13.2 Å². The van der Waals surface area contributed by atoms with Crippen molar-refractivity contribution >= 4 is 17.9 Å². The van der Waals surface area contributed by atoms with Gasteiger partial charge in [0.2, 0.25) is 0 Å². The third-order valence-electron chi connectivity index (χ3n) is 15.4. The SMILES string of the molecule is CC/C=C\C/C=C\C/C=C\C/C=C\CCCCCCC(=O)OCC(COC(=O)CCCCCCCCCCCCC/C=C\C/C=C\CCCCCCC)OC(=O)CCCCCCCCCCCCCCCCCCCCCCCC. The molecule has 0 saturated heterocycles. The summed E-state index contributed by atoms with van der Waals surface area (Å²) in [4.78, 5) is 38.5. The highest BCUT2D eigenvalue weighted by Crippen LogP contribution is 2.18. The highest BCUT2D eigenvalue weighted by Gasteiger charge is 2.19. The number of esters is 3. The van der Waals surface area contributed by atoms with Gasteiger partial charge in [0.15, 0.2) is 6.10 Å². The van der Waals surface area contributed by atoms with E-state index in [4.69, 9.17) is 14.2 Å². The number of ether oxygens (including phenoxy) is 3. The molecule has 0 aliphatic carbocycles. The van der Waals surface area contributed by atoms with E-state index in [-0.39, 0.29) is 31.1 Å². The summed E-state index contributed by atoms with van der Waals surface area (Å²) in [6.45, 7) is 6.55. The molecular formula is C74H132O6. The van der Waals surface area contributed by atoms with E-state index in [0.717, 1.165) is 103 Å². The van der Waals surface area contributed by atoms with Crippen molar-refractivity contribution in [2.24, 2.45) is 0 Å². The summed E-state index contributed by atoms with van der Waals surface area (Å²) in [6, 6.07) is 0. The van der Waals surface area contributed by atoms with E-state index in [1.807, 2.05) is 0 Å². The molecule has 6 heteroatoms. The fraction of sp³-hybridized carbons (Fsp3) is 0.797. The average Bonchev–Trinajstić information content (AvgIpc) is 3.46. The molecule has 0 aromatic rings. The molecule has 1 unspecified atom stereocenters. The Morgan fingerprint density at radius 1 is 0.263 bits per heavy atom. The van der Waals surface area contributed by atoms with Crippen molar-refractivity contribution in [3.05, 3.63) is 72.9 Å². The lowest BCUT2D eigenvalue weighted by atomic mass is 10.0. The van der Waals surface area contributed by atoms with Crippen LogP contribution < -0.4 is 0 Å². The Bertz CT molecular complexity index is 1470. The number of carbonyl (C=O) groups excluding carboxylic acids is 3. The molecule has 0 fully saturated rings. The van der Waals surface area contributed by atoms with Crippen molar-refractivity contribution in [3.63, 3.8) is 0 Å². The van der Waals surface area contributed by atoms with Gasteiger partial charge in [-0.1, -0.05) is 325 Å². The van der Waals surface area contributed by atoms with Crippen LogP contribution in [0.5, 0.6) is 0 Å². The maximum absolute atomic E-state index is 13.0. The highest BCUT2D eigenvalue weighted by molar-refractivity contribution is 5.71. The van der Waals surface area contributed by atoms with Gasteiger partial charge in [0.05, 0.1) is 0 Å². The maximum atomic E-state index is 13.0. The predicted molar refractivity (Wildman–Crippen MR) is 348 cm³/mol. The zero-order valence-electron chi connectivity index (χ0n) is 53.3. The molecule has 0 aromatic heterocycles. The van der Waals surface area contributed by atoms with Gasteiger partial charge in [0, 0.05) is 19.3 Å². The Hall–Kier alpha value is -3.15. The topological polar surface area (TPSA) is 78.9 Å². The second-order valence-corrected chi connectivity index (χ2v) is 23.4. The molecule has 0 aliphatic rings. The Morgan fingerprint density at radius 2 is 0.487 bits per heavy atom. The van der Waals surface area contributed by atoms with E-state index in [2.05, 4.69) is 93.7 Å². The van der Waals surface area contributed by atoms with Crippen LogP contribution in [-0.2, 0) is 28.6 Å². The number of hydrogen-bond donors (Lipinski definition) is 0. The minimum absolute atomic E-state index is 0.0812. The van der Waals surface area contributed by atoms with E-state index in [0.29, 0.717) is 19.3 Å². The number of hydrogen-bond acceptors (Lipinski definition) is 6. The number of allylic oxidation sites excluding steroid dienone is 12. The lowest BCUT2D eigenvalue weighted by Gasteiger charge is -2.18. The molecule has 0 bridgehead atoms. The van der Waals surface area contributed by atoms with E-state index in [1.165, 1.54) is 218 Å². The molecule has 0 rings (SSSR count). The number of rotatable bonds is 64. The van der Waals surface area contributed by atoms with Gasteiger partial charge < -0.3 is 14.2 Å². The fourth-order valence-electron chi connectivity index (χ4n) is 10.2. The van der Waals surface area contributed by atoms with E-state index < -0.39 is 6.10 Å². The van der Waals surface area contributed by atoms with Crippen LogP contribution in [0.2, 0.25) is 0 Å². The van der Waals surface area contributed by atoms with Crippen LogP contribution in [0, 0.1) is 0 Å². The van der Waals surface area contributed by atoms with Crippen LogP contribution in [0.4, 0.5) is 0 Å². The zero-order valence-corrected chi connectivity index (χ0v) is 53.3. The van der Waals surface area contributed by atoms with Gasteiger partial charge >= 0.3 is 17.9 Å². The van der Waals surface area contributed by atoms with E-state index in [1.54, 1.807) is 0 Å². The molecule has 1 atom stereocenters. The second-order valence-electron chi connectivity index (χ2n) is 23.4. The molecule has 0 aromatic carbocycles. The summed E-state index contributed by atoms with van der Waals surface area (Å²) >= 11 is 0. The molecule has 0 heterocycles. The normalized spacial score (nSPS) is 12.5. The van der Waals surface area contributed by atoms with Gasteiger partial charge in [0.1, 0.15) is 13.2 Å². The molecule has 0 radical (unpaired) electrons. The molecule has 0 aliphatic heterocycles. The van der Waals surface area contributed by atoms with Crippen molar-refractivity contribution in [1.29, 1.82) is 0 Å². The molecular weight excluding hydrogens is 985 g/mol. The first-order valence-corrected chi connectivity index (χ1v) is 34.9. The lowest BCUT2D eigenvalue weighted by Crippen LogP contribution is -2.30. The number of carbonyl (C=O) groups is 3. The monoisotopic (exact) mass is 1120 g/mol. The van der Waals surface area contributed by atoms with Crippen molar-refractivity contribution < 1.29 is 28.6 Å². The lowest BCUT2D eigenvalue weighted by molar-refractivity contribution is -0.167. The first kappa shape index (κ1) is 76.9. The van der Waals surface area contributed by atoms with E-state index >= 15 is 0 Å². The van der Waals surface area contributed by atoms with Gasteiger partial charge in [-0.3, -0.25) is 14.4 Å². The van der Waals surface area contributed by atoms with Crippen LogP contribution >= 0.6 is 0 Å². The zero-order chi connectivity index (χ0) is 57.8. The van der Waals surface area contributed by atoms with Gasteiger partial charge in [-0.2, -0.15) is 0 Å². The molecule has 0 N–H and O–H groups in total. The Labute approximate surface area is 497 Å². The summed E-state index contributed by atoms with van der Waals surface area (Å²) in [5, 5.41) is 0. The van der Waals surface area contributed by atoms with Crippen LogP contribution in [0.1, 0.15) is 361 Å². The first-order valence-electron chi connectivity index (χ1n) is 34.9. The minimum Gasteiger partial charge on any atom is -0.462 e. The fourth-order valence-corrected chi connectivity index (χ4v) is 10.2. The third-order valence-corrected chi connectivity index (χ3v) is 15.4. The van der Waals surface area contributed by atoms with Crippen molar-refractivity contribution in [2.45, 2.75) is 367 Å². The average molecular weight is 1120 g/mol. The van der Waals surface area contributed by atoms with Gasteiger partial charge in [0.25, 0.3) is 0 Å². The number of unbranched alkanes of at least 4 members (excludes halogenated alkanes) is 41. The van der Waals surface area contributed by atoms with Crippen molar-refractivity contribution in [1.82, 2.24) is 0 Å². The molecule has 0 spiro atoms. The summed E-state index contributed by atoms with van der Waals surface area (Å²) in [5.41, 5.74) is 0. The second kappa shape index (κ2) is 68.3. The maximum Gasteiger partial charge on any atom is 0.306 e. The Balaban J connectivity index is 4.35. The minimum atomic E-state index is -0.787. The molecule has 0 amide bonds. The summed E-state index contributed by atoms with van der Waals surface area (Å²) in [6.07, 6.45) is 89.2. The predicted octanol–water partition coefficient (Wildman–Crippen LogP) is 24.1. The van der Waals surface area contributed by atoms with Crippen molar-refractivity contribution in [3.8, 4) is 0 Å². The summed E-state index contributed by atoms with van der Waals surface area (Å²) in [7, 11) is 0. The quantitative estimate of drug-likeness (QED) is 0.0261. The van der Waals surface area contributed by atoms with Crippen LogP contribution in [-0.4, -0.2) is 37.2 Å². The third kappa shape index (κ3) is 65.7.